The van der Waals surface area contributed by atoms with Crippen LogP contribution < -0.4 is 4.90 Å². The summed E-state index contributed by atoms with van der Waals surface area (Å²) in [6.45, 7) is 1.99. The van der Waals surface area contributed by atoms with Crippen LogP contribution in [-0.4, -0.2) is 24.1 Å². The highest BCUT2D eigenvalue weighted by Crippen LogP contribution is 2.18. The van der Waals surface area contributed by atoms with Crippen LogP contribution in [0.4, 0.5) is 5.82 Å². The average Bonchev–Trinajstić information content (AvgIpc) is 2.29. The standard InChI is InChI=1S/C13H15N3/c1-10-5-4-6-12(15-10)11-7-8-13(14-9-11)16(2)3/h4-9H,1-3H3. The van der Waals surface area contributed by atoms with Crippen LogP contribution >= 0.6 is 0 Å². The van der Waals surface area contributed by atoms with Crippen molar-refractivity contribution in [3.05, 3.63) is 42.2 Å². The summed E-state index contributed by atoms with van der Waals surface area (Å²) in [7, 11) is 3.96. The molecule has 2 heterocycles. The fourth-order valence-corrected chi connectivity index (χ4v) is 1.51. The van der Waals surface area contributed by atoms with Crippen molar-refractivity contribution in [1.29, 1.82) is 0 Å². The fraction of sp³-hybridized carbons (Fsp3) is 0.231. The average molecular weight is 213 g/mol. The molecule has 82 valence electrons. The quantitative estimate of drug-likeness (QED) is 0.767. The van der Waals surface area contributed by atoms with Gasteiger partial charge in [0.25, 0.3) is 0 Å². The van der Waals surface area contributed by atoms with E-state index < -0.39 is 0 Å². The Balaban J connectivity index is 2.35. The van der Waals surface area contributed by atoms with Crippen LogP contribution in [-0.2, 0) is 0 Å². The second-order valence-electron chi connectivity index (χ2n) is 3.96. The first kappa shape index (κ1) is 10.6. The molecule has 2 rings (SSSR count). The van der Waals surface area contributed by atoms with E-state index in [1.54, 1.807) is 0 Å². The molecule has 0 bridgehead atoms. The Labute approximate surface area is 95.8 Å². The molecule has 2 aromatic heterocycles. The molecule has 0 unspecified atom stereocenters. The van der Waals surface area contributed by atoms with Crippen LogP contribution in [0.2, 0.25) is 0 Å². The summed E-state index contributed by atoms with van der Waals surface area (Å²) in [5.41, 5.74) is 3.04. The van der Waals surface area contributed by atoms with E-state index in [-0.39, 0.29) is 0 Å². The molecule has 0 spiro atoms. The van der Waals surface area contributed by atoms with Crippen molar-refractivity contribution < 1.29 is 0 Å². The lowest BCUT2D eigenvalue weighted by Gasteiger charge is -2.11. The molecule has 3 nitrogen and oxygen atoms in total. The van der Waals surface area contributed by atoms with Gasteiger partial charge in [0.05, 0.1) is 5.69 Å². The number of rotatable bonds is 2. The third-order valence-electron chi connectivity index (χ3n) is 2.39. The van der Waals surface area contributed by atoms with E-state index in [1.165, 1.54) is 0 Å². The minimum atomic E-state index is 0.955. The zero-order valence-corrected chi connectivity index (χ0v) is 9.81. The lowest BCUT2D eigenvalue weighted by Crippen LogP contribution is -2.10. The molecular formula is C13H15N3. The van der Waals surface area contributed by atoms with E-state index in [4.69, 9.17) is 0 Å². The minimum Gasteiger partial charge on any atom is -0.363 e. The molecule has 0 aromatic carbocycles. The van der Waals surface area contributed by atoms with Crippen molar-refractivity contribution in [3.8, 4) is 11.3 Å². The molecule has 2 aromatic rings. The minimum absolute atomic E-state index is 0.955. The van der Waals surface area contributed by atoms with Crippen LogP contribution in [0, 0.1) is 6.92 Å². The molecule has 0 fully saturated rings. The van der Waals surface area contributed by atoms with Gasteiger partial charge in [-0.15, -0.1) is 0 Å². The summed E-state index contributed by atoms with van der Waals surface area (Å²) in [6.07, 6.45) is 1.86. The normalized spacial score (nSPS) is 10.2. The Morgan fingerprint density at radius 2 is 1.88 bits per heavy atom. The van der Waals surface area contributed by atoms with Crippen molar-refractivity contribution in [1.82, 2.24) is 9.97 Å². The summed E-state index contributed by atoms with van der Waals surface area (Å²) in [5.74, 6) is 0.955. The zero-order chi connectivity index (χ0) is 11.5. The Morgan fingerprint density at radius 3 is 2.44 bits per heavy atom. The predicted octanol–water partition coefficient (Wildman–Crippen LogP) is 2.52. The van der Waals surface area contributed by atoms with E-state index in [0.717, 1.165) is 22.8 Å². The van der Waals surface area contributed by atoms with Crippen LogP contribution in [0.3, 0.4) is 0 Å². The molecule has 0 saturated heterocycles. The highest BCUT2D eigenvalue weighted by atomic mass is 15.1. The molecule has 0 saturated carbocycles. The van der Waals surface area contributed by atoms with Crippen LogP contribution in [0.1, 0.15) is 5.69 Å². The Bertz CT molecular complexity index is 475. The third kappa shape index (κ3) is 2.19. The highest BCUT2D eigenvalue weighted by molar-refractivity contribution is 5.59. The van der Waals surface area contributed by atoms with Crippen LogP contribution in [0.15, 0.2) is 36.5 Å². The Hall–Kier alpha value is -1.90. The SMILES string of the molecule is Cc1cccc(-c2ccc(N(C)C)nc2)n1. The smallest absolute Gasteiger partial charge is 0.127 e. The first-order valence-corrected chi connectivity index (χ1v) is 5.24. The monoisotopic (exact) mass is 213 g/mol. The van der Waals surface area contributed by atoms with Gasteiger partial charge in [-0.1, -0.05) is 6.07 Å². The Morgan fingerprint density at radius 1 is 1.06 bits per heavy atom. The number of aromatic nitrogens is 2. The molecule has 0 N–H and O–H groups in total. The predicted molar refractivity (Wildman–Crippen MR) is 66.5 cm³/mol. The van der Waals surface area contributed by atoms with Crippen molar-refractivity contribution >= 4 is 5.82 Å². The van der Waals surface area contributed by atoms with Gasteiger partial charge in [-0.25, -0.2) is 4.98 Å². The van der Waals surface area contributed by atoms with Gasteiger partial charge < -0.3 is 4.90 Å². The van der Waals surface area contributed by atoms with E-state index in [0.29, 0.717) is 0 Å². The fourth-order valence-electron chi connectivity index (χ4n) is 1.51. The van der Waals surface area contributed by atoms with Gasteiger partial charge in [-0.3, -0.25) is 4.98 Å². The maximum Gasteiger partial charge on any atom is 0.127 e. The largest absolute Gasteiger partial charge is 0.363 e. The van der Waals surface area contributed by atoms with Crippen molar-refractivity contribution in [2.24, 2.45) is 0 Å². The summed E-state index contributed by atoms with van der Waals surface area (Å²) in [5, 5.41) is 0. The van der Waals surface area contributed by atoms with Gasteiger partial charge >= 0.3 is 0 Å². The number of hydrogen-bond acceptors (Lipinski definition) is 3. The maximum atomic E-state index is 4.46. The van der Waals surface area contributed by atoms with E-state index >= 15 is 0 Å². The number of nitrogens with zero attached hydrogens (tertiary/aromatic N) is 3. The second kappa shape index (κ2) is 4.31. The number of aryl methyl sites for hydroxylation is 1. The summed E-state index contributed by atoms with van der Waals surface area (Å²) >= 11 is 0. The summed E-state index contributed by atoms with van der Waals surface area (Å²) in [4.78, 5) is 10.8. The molecule has 0 aliphatic rings. The Kier molecular flexibility index (Phi) is 2.86. The van der Waals surface area contributed by atoms with Crippen LogP contribution in [0.25, 0.3) is 11.3 Å². The molecule has 0 aliphatic heterocycles. The molecular weight excluding hydrogens is 198 g/mol. The molecule has 0 amide bonds. The van der Waals surface area contributed by atoms with Crippen LogP contribution in [0.5, 0.6) is 0 Å². The van der Waals surface area contributed by atoms with Crippen molar-refractivity contribution in [2.75, 3.05) is 19.0 Å². The lowest BCUT2D eigenvalue weighted by molar-refractivity contribution is 1.07. The number of pyridine rings is 2. The molecule has 16 heavy (non-hydrogen) atoms. The van der Waals surface area contributed by atoms with E-state index in [2.05, 4.69) is 9.97 Å². The first-order chi connectivity index (χ1) is 7.66. The van der Waals surface area contributed by atoms with Gasteiger partial charge in [0.1, 0.15) is 5.82 Å². The summed E-state index contributed by atoms with van der Waals surface area (Å²) in [6, 6.07) is 10.0. The van der Waals surface area contributed by atoms with Gasteiger partial charge in [-0.05, 0) is 31.2 Å². The van der Waals surface area contributed by atoms with Crippen molar-refractivity contribution in [2.45, 2.75) is 6.92 Å². The third-order valence-corrected chi connectivity index (χ3v) is 2.39. The van der Waals surface area contributed by atoms with Gasteiger partial charge in [-0.2, -0.15) is 0 Å². The highest BCUT2D eigenvalue weighted by Gasteiger charge is 2.01. The van der Waals surface area contributed by atoms with Gasteiger partial charge in [0, 0.05) is 31.5 Å². The topological polar surface area (TPSA) is 29.0 Å². The second-order valence-corrected chi connectivity index (χ2v) is 3.96. The lowest BCUT2D eigenvalue weighted by atomic mass is 10.2. The van der Waals surface area contributed by atoms with Gasteiger partial charge in [0.2, 0.25) is 0 Å². The van der Waals surface area contributed by atoms with E-state index in [9.17, 15) is 0 Å². The van der Waals surface area contributed by atoms with Crippen molar-refractivity contribution in [3.63, 3.8) is 0 Å². The van der Waals surface area contributed by atoms with Gasteiger partial charge in [0.15, 0.2) is 0 Å². The molecule has 0 atom stereocenters. The van der Waals surface area contributed by atoms with E-state index in [1.807, 2.05) is 62.4 Å². The molecule has 0 aliphatic carbocycles. The maximum absolute atomic E-state index is 4.46. The zero-order valence-electron chi connectivity index (χ0n) is 9.81. The molecule has 3 heteroatoms. The number of anilines is 1. The number of hydrogen-bond donors (Lipinski definition) is 0. The first-order valence-electron chi connectivity index (χ1n) is 5.24. The molecule has 0 radical (unpaired) electrons. The summed E-state index contributed by atoms with van der Waals surface area (Å²) < 4.78 is 0.